The second kappa shape index (κ2) is 10.9. The lowest BCUT2D eigenvalue weighted by molar-refractivity contribution is 0.265. The van der Waals surface area contributed by atoms with Crippen LogP contribution in [0.15, 0.2) is 33.1 Å². The molecule has 2 rings (SSSR count). The molecule has 26 heavy (non-hydrogen) atoms. The highest BCUT2D eigenvalue weighted by Crippen LogP contribution is 2.15. The van der Waals surface area contributed by atoms with E-state index in [0.717, 1.165) is 44.6 Å². The molecule has 1 aromatic carbocycles. The molecule has 0 aromatic heterocycles. The summed E-state index contributed by atoms with van der Waals surface area (Å²) in [5.41, 5.74) is 6.88. The fraction of sp³-hybridized carbons (Fsp3) is 0.556. The first-order chi connectivity index (χ1) is 12.6. The van der Waals surface area contributed by atoms with Crippen molar-refractivity contribution in [3.8, 4) is 5.75 Å². The Morgan fingerprint density at radius 2 is 2.00 bits per heavy atom. The van der Waals surface area contributed by atoms with Crippen LogP contribution in [0.5, 0.6) is 5.75 Å². The summed E-state index contributed by atoms with van der Waals surface area (Å²) in [6.07, 6.45) is 3.11. The van der Waals surface area contributed by atoms with Gasteiger partial charge in [-0.2, -0.15) is 0 Å². The van der Waals surface area contributed by atoms with E-state index in [1.54, 1.807) is 0 Å². The molecule has 144 valence electrons. The van der Waals surface area contributed by atoms with E-state index >= 15 is 0 Å². The molecule has 3 N–H and O–H groups in total. The van der Waals surface area contributed by atoms with Crippen LogP contribution >= 0.6 is 0 Å². The van der Waals surface area contributed by atoms with Gasteiger partial charge >= 0.3 is 0 Å². The molecule has 0 saturated heterocycles. The minimum absolute atomic E-state index is 0.195. The number of rotatable bonds is 11. The molecule has 1 aliphatic rings. The maximum absolute atomic E-state index is 11.1. The Balaban J connectivity index is 1.73. The van der Waals surface area contributed by atoms with Crippen LogP contribution in [-0.2, 0) is 17.7 Å². The average Bonchev–Trinajstić information content (AvgIpc) is 2.93. The van der Waals surface area contributed by atoms with E-state index in [-0.39, 0.29) is 5.84 Å². The third kappa shape index (κ3) is 6.76. The summed E-state index contributed by atoms with van der Waals surface area (Å²) in [6, 6.07) is 8.28. The number of hydrogen-bond acceptors (Lipinski definition) is 5. The minimum Gasteiger partial charge on any atom is -0.494 e. The van der Waals surface area contributed by atoms with Gasteiger partial charge in [-0.05, 0) is 50.0 Å². The van der Waals surface area contributed by atoms with E-state index in [1.807, 2.05) is 12.1 Å². The molecule has 1 aliphatic heterocycles. The highest BCUT2D eigenvalue weighted by molar-refractivity contribution is 7.83. The highest BCUT2D eigenvalue weighted by Gasteiger charge is 2.14. The molecule has 1 aromatic rings. The van der Waals surface area contributed by atoms with E-state index in [2.05, 4.69) is 45.0 Å². The van der Waals surface area contributed by atoms with E-state index in [1.165, 1.54) is 5.56 Å². The maximum Gasteiger partial charge on any atom is 0.269 e. The molecular formula is C18H29N5O2S. The van der Waals surface area contributed by atoms with Crippen LogP contribution in [0.25, 0.3) is 0 Å². The summed E-state index contributed by atoms with van der Waals surface area (Å²) >= 11 is -1.58. The molecule has 0 radical (unpaired) electrons. The number of ether oxygens (including phenoxy) is 1. The number of nitrogens with two attached hydrogens (primary N) is 1. The lowest BCUT2D eigenvalue weighted by atomic mass is 10.2. The van der Waals surface area contributed by atoms with Gasteiger partial charge in [0.2, 0.25) is 0 Å². The largest absolute Gasteiger partial charge is 0.494 e. The van der Waals surface area contributed by atoms with Gasteiger partial charge < -0.3 is 15.8 Å². The molecular weight excluding hydrogens is 350 g/mol. The van der Waals surface area contributed by atoms with Crippen molar-refractivity contribution in [2.75, 3.05) is 26.2 Å². The second-order valence-electron chi connectivity index (χ2n) is 6.20. The van der Waals surface area contributed by atoms with Gasteiger partial charge in [0.1, 0.15) is 5.75 Å². The Bertz CT molecular complexity index is 657. The van der Waals surface area contributed by atoms with Crippen molar-refractivity contribution in [3.63, 3.8) is 0 Å². The van der Waals surface area contributed by atoms with Crippen molar-refractivity contribution in [2.45, 2.75) is 39.7 Å². The minimum atomic E-state index is -1.58. The lowest BCUT2D eigenvalue weighted by Gasteiger charge is -2.21. The number of hydrogen-bond donors (Lipinski definition) is 2. The summed E-state index contributed by atoms with van der Waals surface area (Å²) < 4.78 is 24.4. The molecule has 0 amide bonds. The first-order valence-corrected chi connectivity index (χ1v) is 10.2. The summed E-state index contributed by atoms with van der Waals surface area (Å²) in [6.45, 7) is 8.83. The Morgan fingerprint density at radius 1 is 1.23 bits per heavy atom. The van der Waals surface area contributed by atoms with Crippen molar-refractivity contribution < 1.29 is 8.95 Å². The molecule has 7 nitrogen and oxygen atoms in total. The van der Waals surface area contributed by atoms with Gasteiger partial charge in [-0.15, -0.1) is 8.80 Å². The standard InChI is InChI=1S/C18H29N5O2S/c1-3-10-23(11-4-2)14-15-7-5-8-16(13-15)25-12-6-9-20-18-17(19)21-26(24)22-18/h5,7-8,13H,3-4,6,9-12,14H2,1-2H3,(H2,19,21)(H,20,22). The molecule has 1 atom stereocenters. The van der Waals surface area contributed by atoms with E-state index < -0.39 is 11.2 Å². The third-order valence-corrected chi connectivity index (χ3v) is 4.55. The second-order valence-corrected chi connectivity index (χ2v) is 7.03. The van der Waals surface area contributed by atoms with Gasteiger partial charge in [-0.25, -0.2) is 4.21 Å². The van der Waals surface area contributed by atoms with Gasteiger partial charge in [0.25, 0.3) is 11.2 Å². The fourth-order valence-electron chi connectivity index (χ4n) is 2.76. The van der Waals surface area contributed by atoms with Crippen molar-refractivity contribution in [3.05, 3.63) is 29.8 Å². The molecule has 0 saturated carbocycles. The first kappa shape index (κ1) is 20.4. The zero-order chi connectivity index (χ0) is 18.8. The first-order valence-electron chi connectivity index (χ1n) is 9.15. The molecule has 8 heteroatoms. The smallest absolute Gasteiger partial charge is 0.269 e. The molecule has 0 aliphatic carbocycles. The van der Waals surface area contributed by atoms with Crippen molar-refractivity contribution in [1.82, 2.24) is 10.2 Å². The van der Waals surface area contributed by atoms with Gasteiger partial charge in [0.05, 0.1) is 6.61 Å². The molecule has 0 spiro atoms. The van der Waals surface area contributed by atoms with E-state index in [4.69, 9.17) is 10.5 Å². The maximum atomic E-state index is 11.1. The van der Waals surface area contributed by atoms with Gasteiger partial charge in [-0.1, -0.05) is 26.0 Å². The number of nitrogens with one attached hydrogen (secondary N) is 1. The van der Waals surface area contributed by atoms with Gasteiger partial charge in [0, 0.05) is 13.1 Å². The molecule has 1 unspecified atom stereocenters. The zero-order valence-electron chi connectivity index (χ0n) is 15.6. The van der Waals surface area contributed by atoms with Crippen molar-refractivity contribution in [2.24, 2.45) is 14.5 Å². The monoisotopic (exact) mass is 379 g/mol. The summed E-state index contributed by atoms with van der Waals surface area (Å²) in [4.78, 5) is 2.47. The third-order valence-electron chi connectivity index (χ3n) is 3.86. The summed E-state index contributed by atoms with van der Waals surface area (Å²) in [5, 5.41) is 3.03. The van der Waals surface area contributed by atoms with E-state index in [0.29, 0.717) is 19.0 Å². The SMILES string of the molecule is CCCN(CCC)Cc1cccc(OCCCNC2=NS(=O)N=C2N)c1. The van der Waals surface area contributed by atoms with Crippen molar-refractivity contribution >= 4 is 22.8 Å². The highest BCUT2D eigenvalue weighted by atomic mass is 32.2. The summed E-state index contributed by atoms with van der Waals surface area (Å²) in [7, 11) is 0. The Hall–Kier alpha value is -1.93. The van der Waals surface area contributed by atoms with Gasteiger partial charge in [0.15, 0.2) is 11.7 Å². The van der Waals surface area contributed by atoms with Crippen LogP contribution in [0.1, 0.15) is 38.7 Å². The zero-order valence-corrected chi connectivity index (χ0v) is 16.4. The van der Waals surface area contributed by atoms with Gasteiger partial charge in [-0.3, -0.25) is 4.90 Å². The quantitative estimate of drug-likeness (QED) is 0.574. The van der Waals surface area contributed by atoms with Crippen LogP contribution in [0.3, 0.4) is 0 Å². The topological polar surface area (TPSA) is 92.3 Å². The van der Waals surface area contributed by atoms with Crippen LogP contribution < -0.4 is 15.8 Å². The number of benzene rings is 1. The number of nitrogens with zero attached hydrogens (tertiary/aromatic N) is 3. The Labute approximate surface area is 158 Å². The lowest BCUT2D eigenvalue weighted by Crippen LogP contribution is -2.35. The predicted octanol–water partition coefficient (Wildman–Crippen LogP) is 2.02. The Kier molecular flexibility index (Phi) is 8.57. The van der Waals surface area contributed by atoms with Crippen LogP contribution in [0.4, 0.5) is 0 Å². The fourth-order valence-corrected chi connectivity index (χ4v) is 3.37. The predicted molar refractivity (Wildman–Crippen MR) is 108 cm³/mol. The van der Waals surface area contributed by atoms with Crippen LogP contribution in [-0.4, -0.2) is 47.0 Å². The number of amidine groups is 2. The van der Waals surface area contributed by atoms with Crippen LogP contribution in [0.2, 0.25) is 0 Å². The summed E-state index contributed by atoms with van der Waals surface area (Å²) in [5.74, 6) is 1.48. The molecule has 0 fully saturated rings. The molecule has 1 heterocycles. The van der Waals surface area contributed by atoms with Crippen LogP contribution in [0, 0.1) is 0 Å². The molecule has 0 bridgehead atoms. The normalized spacial score (nSPS) is 16.5. The average molecular weight is 380 g/mol. The van der Waals surface area contributed by atoms with Crippen molar-refractivity contribution in [1.29, 1.82) is 0 Å². The Morgan fingerprint density at radius 3 is 2.65 bits per heavy atom. The van der Waals surface area contributed by atoms with E-state index in [9.17, 15) is 4.21 Å².